The second kappa shape index (κ2) is 6.44. The van der Waals surface area contributed by atoms with Gasteiger partial charge in [-0.05, 0) is 17.7 Å². The summed E-state index contributed by atoms with van der Waals surface area (Å²) >= 11 is 0. The first-order valence-corrected chi connectivity index (χ1v) is 5.37. The topological polar surface area (TPSA) is 18.5 Å². The average Bonchev–Trinajstić information content (AvgIpc) is 2.34. The van der Waals surface area contributed by atoms with Crippen molar-refractivity contribution in [2.24, 2.45) is 5.92 Å². The minimum Gasteiger partial charge on any atom is -0.497 e. The molecule has 5 heteroatoms. The van der Waals surface area contributed by atoms with E-state index >= 15 is 0 Å². The third-order valence-electron chi connectivity index (χ3n) is 2.43. The smallest absolute Gasteiger partial charge is 0.397 e. The molecule has 18 heavy (non-hydrogen) atoms. The molecule has 0 N–H and O–H groups in total. The van der Waals surface area contributed by atoms with Crippen molar-refractivity contribution in [2.45, 2.75) is 12.8 Å². The second-order valence-corrected chi connectivity index (χ2v) is 3.75. The van der Waals surface area contributed by atoms with Crippen LogP contribution in [0.15, 0.2) is 36.9 Å². The van der Waals surface area contributed by atoms with E-state index < -0.39 is 18.7 Å². The summed E-state index contributed by atoms with van der Waals surface area (Å²) in [6, 6.07) is 6.95. The summed E-state index contributed by atoms with van der Waals surface area (Å²) in [6.07, 6.45) is -3.45. The van der Waals surface area contributed by atoms with Crippen molar-refractivity contribution in [1.82, 2.24) is 0 Å². The van der Waals surface area contributed by atoms with Gasteiger partial charge in [0.15, 0.2) is 0 Å². The zero-order valence-electron chi connectivity index (χ0n) is 10.0. The Labute approximate surface area is 104 Å². The van der Waals surface area contributed by atoms with E-state index in [2.05, 4.69) is 6.58 Å². The Kier molecular flexibility index (Phi) is 5.22. The van der Waals surface area contributed by atoms with Gasteiger partial charge in [0.2, 0.25) is 0 Å². The molecule has 0 spiro atoms. The van der Waals surface area contributed by atoms with Crippen LogP contribution in [0.4, 0.5) is 13.2 Å². The predicted molar refractivity (Wildman–Crippen MR) is 62.4 cm³/mol. The van der Waals surface area contributed by atoms with Crippen LogP contribution in [0.25, 0.3) is 0 Å². The molecule has 0 saturated carbocycles. The Morgan fingerprint density at radius 2 is 1.89 bits per heavy atom. The molecule has 1 rings (SSSR count). The minimum atomic E-state index is -4.30. The lowest BCUT2D eigenvalue weighted by Crippen LogP contribution is -2.25. The number of hydrogen-bond donors (Lipinski definition) is 0. The van der Waals surface area contributed by atoms with Crippen LogP contribution in [0.1, 0.15) is 5.56 Å². The molecule has 0 fully saturated rings. The predicted octanol–water partition coefficient (Wildman–Crippen LogP) is 3.58. The molecule has 2 nitrogen and oxygen atoms in total. The third kappa shape index (κ3) is 4.41. The number of methoxy groups -OCH3 is 1. The van der Waals surface area contributed by atoms with E-state index in [1.165, 1.54) is 0 Å². The van der Waals surface area contributed by atoms with Gasteiger partial charge in [0.25, 0.3) is 0 Å². The van der Waals surface area contributed by atoms with Crippen LogP contribution in [0.2, 0.25) is 0 Å². The molecule has 0 aromatic heterocycles. The summed E-state index contributed by atoms with van der Waals surface area (Å²) in [6.45, 7) is 2.87. The monoisotopic (exact) mass is 260 g/mol. The molecule has 1 atom stereocenters. The van der Waals surface area contributed by atoms with E-state index in [0.717, 1.165) is 11.6 Å². The Balaban J connectivity index is 2.43. The number of ether oxygens (including phenoxy) is 2. The first-order valence-electron chi connectivity index (χ1n) is 5.37. The van der Waals surface area contributed by atoms with Gasteiger partial charge in [0.1, 0.15) is 5.75 Å². The van der Waals surface area contributed by atoms with E-state index in [-0.39, 0.29) is 6.61 Å². The van der Waals surface area contributed by atoms with E-state index in [1.54, 1.807) is 31.4 Å². The second-order valence-electron chi connectivity index (χ2n) is 3.75. The third-order valence-corrected chi connectivity index (χ3v) is 2.43. The maximum atomic E-state index is 12.4. The molecule has 0 amide bonds. The van der Waals surface area contributed by atoms with Crippen molar-refractivity contribution in [1.29, 1.82) is 0 Å². The number of halogens is 3. The molecule has 0 aliphatic carbocycles. The number of benzene rings is 1. The van der Waals surface area contributed by atoms with Crippen LogP contribution >= 0.6 is 0 Å². The van der Waals surface area contributed by atoms with Crippen LogP contribution in [0.5, 0.6) is 5.75 Å². The van der Waals surface area contributed by atoms with E-state index in [1.807, 2.05) is 0 Å². The van der Waals surface area contributed by atoms with Crippen LogP contribution < -0.4 is 4.74 Å². The van der Waals surface area contributed by atoms with Gasteiger partial charge in [0, 0.05) is 0 Å². The summed E-state index contributed by atoms with van der Waals surface area (Å²) in [7, 11) is 1.55. The standard InChI is InChI=1S/C13H15F3O2/c1-3-11(13(14,15)16)9-18-8-10-4-6-12(17-2)7-5-10/h3-7,11H,1,8-9H2,2H3. The van der Waals surface area contributed by atoms with Gasteiger partial charge in [-0.3, -0.25) is 0 Å². The SMILES string of the molecule is C=CC(COCc1ccc(OC)cc1)C(F)(F)F. The molecular formula is C13H15F3O2. The molecule has 1 aromatic carbocycles. The summed E-state index contributed by atoms with van der Waals surface area (Å²) in [4.78, 5) is 0. The van der Waals surface area contributed by atoms with Crippen molar-refractivity contribution in [2.75, 3.05) is 13.7 Å². The van der Waals surface area contributed by atoms with Gasteiger partial charge in [0.05, 0.1) is 26.2 Å². The Hall–Kier alpha value is -1.49. The summed E-state index contributed by atoms with van der Waals surface area (Å²) in [5.41, 5.74) is 0.792. The first kappa shape index (κ1) is 14.6. The van der Waals surface area contributed by atoms with Gasteiger partial charge in [-0.25, -0.2) is 0 Å². The highest BCUT2D eigenvalue weighted by Crippen LogP contribution is 2.27. The summed E-state index contributed by atoms with van der Waals surface area (Å²) < 4.78 is 47.1. The molecule has 100 valence electrons. The maximum absolute atomic E-state index is 12.4. The average molecular weight is 260 g/mol. The number of alkyl halides is 3. The van der Waals surface area contributed by atoms with Crippen molar-refractivity contribution >= 4 is 0 Å². The normalized spacial score (nSPS) is 13.1. The van der Waals surface area contributed by atoms with Gasteiger partial charge < -0.3 is 9.47 Å². The quantitative estimate of drug-likeness (QED) is 0.728. The molecule has 0 saturated heterocycles. The molecule has 0 aliphatic rings. The van der Waals surface area contributed by atoms with Gasteiger partial charge >= 0.3 is 6.18 Å². The van der Waals surface area contributed by atoms with Crippen molar-refractivity contribution < 1.29 is 22.6 Å². The number of hydrogen-bond acceptors (Lipinski definition) is 2. The van der Waals surface area contributed by atoms with Crippen molar-refractivity contribution in [3.63, 3.8) is 0 Å². The highest BCUT2D eigenvalue weighted by molar-refractivity contribution is 5.26. The fourth-order valence-electron chi connectivity index (χ4n) is 1.32. The van der Waals surface area contributed by atoms with Crippen molar-refractivity contribution in [3.8, 4) is 5.75 Å². The van der Waals surface area contributed by atoms with E-state index in [4.69, 9.17) is 9.47 Å². The molecule has 0 aliphatic heterocycles. The lowest BCUT2D eigenvalue weighted by atomic mass is 10.1. The highest BCUT2D eigenvalue weighted by atomic mass is 19.4. The molecule has 0 bridgehead atoms. The Morgan fingerprint density at radius 3 is 2.33 bits per heavy atom. The molecule has 0 radical (unpaired) electrons. The Bertz CT molecular complexity index is 371. The molecule has 0 heterocycles. The Morgan fingerprint density at radius 1 is 1.28 bits per heavy atom. The molecular weight excluding hydrogens is 245 g/mol. The molecule has 1 aromatic rings. The number of rotatable bonds is 6. The van der Waals surface area contributed by atoms with Gasteiger partial charge in [-0.1, -0.05) is 18.2 Å². The molecule has 1 unspecified atom stereocenters. The van der Waals surface area contributed by atoms with Gasteiger partial charge in [-0.2, -0.15) is 13.2 Å². The lowest BCUT2D eigenvalue weighted by Gasteiger charge is -2.16. The lowest BCUT2D eigenvalue weighted by molar-refractivity contribution is -0.174. The van der Waals surface area contributed by atoms with Crippen LogP contribution in [0.3, 0.4) is 0 Å². The highest BCUT2D eigenvalue weighted by Gasteiger charge is 2.37. The first-order chi connectivity index (χ1) is 8.47. The largest absolute Gasteiger partial charge is 0.497 e. The minimum absolute atomic E-state index is 0.129. The zero-order chi connectivity index (χ0) is 13.6. The summed E-state index contributed by atoms with van der Waals surface area (Å²) in [5.74, 6) is -0.936. The van der Waals surface area contributed by atoms with E-state index in [9.17, 15) is 13.2 Å². The van der Waals surface area contributed by atoms with Crippen molar-refractivity contribution in [3.05, 3.63) is 42.5 Å². The van der Waals surface area contributed by atoms with Crippen LogP contribution in [-0.2, 0) is 11.3 Å². The fourth-order valence-corrected chi connectivity index (χ4v) is 1.32. The fraction of sp³-hybridized carbons (Fsp3) is 0.385. The van der Waals surface area contributed by atoms with E-state index in [0.29, 0.717) is 5.75 Å². The van der Waals surface area contributed by atoms with Crippen LogP contribution in [0, 0.1) is 5.92 Å². The van der Waals surface area contributed by atoms with Gasteiger partial charge in [-0.15, -0.1) is 6.58 Å². The maximum Gasteiger partial charge on any atom is 0.397 e. The zero-order valence-corrected chi connectivity index (χ0v) is 10.0. The van der Waals surface area contributed by atoms with Crippen LogP contribution in [-0.4, -0.2) is 19.9 Å². The summed E-state index contributed by atoms with van der Waals surface area (Å²) in [5, 5.41) is 0.